The van der Waals surface area contributed by atoms with Crippen LogP contribution in [0.3, 0.4) is 0 Å². The summed E-state index contributed by atoms with van der Waals surface area (Å²) in [4.78, 5) is 29.4. The van der Waals surface area contributed by atoms with Crippen LogP contribution >= 0.6 is 0 Å². The lowest BCUT2D eigenvalue weighted by Gasteiger charge is -2.14. The molecule has 1 aromatic carbocycles. The zero-order valence-corrected chi connectivity index (χ0v) is 8.83. The first-order chi connectivity index (χ1) is 8.20. The van der Waals surface area contributed by atoms with Gasteiger partial charge in [-0.15, -0.1) is 0 Å². The third kappa shape index (κ3) is 2.21. The van der Waals surface area contributed by atoms with Gasteiger partial charge < -0.3 is 4.98 Å². The second-order valence-corrected chi connectivity index (χ2v) is 3.31. The van der Waals surface area contributed by atoms with Crippen molar-refractivity contribution in [2.75, 3.05) is 5.01 Å². The molecular weight excluding hydrogens is 220 g/mol. The highest BCUT2D eigenvalue weighted by Crippen LogP contribution is 2.07. The number of amides is 1. The number of benzene rings is 1. The Morgan fingerprint density at radius 1 is 1.29 bits per heavy atom. The van der Waals surface area contributed by atoms with E-state index in [0.29, 0.717) is 5.56 Å². The minimum atomic E-state index is -0.468. The predicted molar refractivity (Wildman–Crippen MR) is 62.3 cm³/mol. The van der Waals surface area contributed by atoms with Gasteiger partial charge in [-0.2, -0.15) is 0 Å². The number of anilines is 1. The monoisotopic (exact) mass is 230 g/mol. The van der Waals surface area contributed by atoms with Crippen molar-refractivity contribution in [2.45, 2.75) is 0 Å². The molecule has 1 heterocycles. The van der Waals surface area contributed by atoms with Crippen molar-refractivity contribution in [2.24, 2.45) is 5.84 Å². The predicted octanol–water partition coefficient (Wildman–Crippen LogP) is 0.290. The van der Waals surface area contributed by atoms with Crippen LogP contribution in [0.4, 0.5) is 5.69 Å². The maximum absolute atomic E-state index is 11.9. The molecule has 0 saturated heterocycles. The lowest BCUT2D eigenvalue weighted by atomic mass is 10.2. The summed E-state index contributed by atoms with van der Waals surface area (Å²) in [6.07, 6.45) is 2.46. The fraction of sp³-hybridized carbons (Fsp3) is 0. The Kier molecular flexibility index (Phi) is 2.97. The maximum atomic E-state index is 11.9. The van der Waals surface area contributed by atoms with Gasteiger partial charge in [-0.25, -0.2) is 15.8 Å². The van der Waals surface area contributed by atoms with E-state index in [2.05, 4.69) is 9.97 Å². The largest absolute Gasteiger partial charge is 0.311 e. The van der Waals surface area contributed by atoms with Gasteiger partial charge in [0.1, 0.15) is 5.69 Å². The third-order valence-corrected chi connectivity index (χ3v) is 2.20. The van der Waals surface area contributed by atoms with Gasteiger partial charge >= 0.3 is 0 Å². The summed E-state index contributed by atoms with van der Waals surface area (Å²) in [5.74, 6) is 5.13. The highest BCUT2D eigenvalue weighted by molar-refractivity contribution is 6.04. The van der Waals surface area contributed by atoms with E-state index >= 15 is 0 Å². The molecule has 0 radical (unpaired) electrons. The number of nitrogens with zero attached hydrogens (tertiary/aromatic N) is 2. The Morgan fingerprint density at radius 2 is 2.00 bits per heavy atom. The summed E-state index contributed by atoms with van der Waals surface area (Å²) in [6.45, 7) is 0. The Morgan fingerprint density at radius 3 is 2.65 bits per heavy atom. The first kappa shape index (κ1) is 11.0. The number of hydrazine groups is 1. The average Bonchev–Trinajstić information content (AvgIpc) is 2.39. The van der Waals surface area contributed by atoms with Gasteiger partial charge in [0.25, 0.3) is 11.5 Å². The number of hydrogen-bond acceptors (Lipinski definition) is 4. The molecule has 0 fully saturated rings. The van der Waals surface area contributed by atoms with Crippen molar-refractivity contribution in [3.05, 3.63) is 58.8 Å². The van der Waals surface area contributed by atoms with Crippen molar-refractivity contribution in [3.63, 3.8) is 0 Å². The van der Waals surface area contributed by atoms with Crippen LogP contribution in [0, 0.1) is 0 Å². The molecule has 86 valence electrons. The number of H-pyrrole nitrogens is 1. The van der Waals surface area contributed by atoms with Gasteiger partial charge in [0.05, 0.1) is 12.5 Å². The van der Waals surface area contributed by atoms with Crippen molar-refractivity contribution in [1.82, 2.24) is 9.97 Å². The van der Waals surface area contributed by atoms with E-state index in [1.54, 1.807) is 30.3 Å². The van der Waals surface area contributed by atoms with Crippen molar-refractivity contribution in [3.8, 4) is 0 Å². The molecule has 1 amide bonds. The summed E-state index contributed by atoms with van der Waals surface area (Å²) < 4.78 is 0. The molecule has 6 heteroatoms. The zero-order chi connectivity index (χ0) is 12.3. The van der Waals surface area contributed by atoms with E-state index in [9.17, 15) is 9.59 Å². The lowest BCUT2D eigenvalue weighted by molar-refractivity contribution is 0.0986. The second kappa shape index (κ2) is 4.58. The van der Waals surface area contributed by atoms with Crippen molar-refractivity contribution in [1.29, 1.82) is 0 Å². The summed E-state index contributed by atoms with van der Waals surface area (Å²) >= 11 is 0. The molecule has 0 aliphatic rings. The summed E-state index contributed by atoms with van der Waals surface area (Å²) in [5, 5.41) is 0.779. The molecule has 0 unspecified atom stereocenters. The summed E-state index contributed by atoms with van der Waals surface area (Å²) in [6, 6.07) is 8.46. The lowest BCUT2D eigenvalue weighted by Crippen LogP contribution is -2.40. The van der Waals surface area contributed by atoms with E-state index in [1.807, 2.05) is 0 Å². The standard InChI is InChI=1S/C11H10N4O2/c12-15(9-6-13-7-14-10(9)16)11(17)8-4-2-1-3-5-8/h1-7H,12H2,(H,13,14,16). The van der Waals surface area contributed by atoms with Gasteiger partial charge in [-0.05, 0) is 12.1 Å². The summed E-state index contributed by atoms with van der Waals surface area (Å²) in [5.41, 5.74) is -0.0635. The minimum Gasteiger partial charge on any atom is -0.311 e. The van der Waals surface area contributed by atoms with Crippen LogP contribution in [-0.2, 0) is 0 Å². The van der Waals surface area contributed by atoms with E-state index in [4.69, 9.17) is 5.84 Å². The fourth-order valence-electron chi connectivity index (χ4n) is 1.34. The van der Waals surface area contributed by atoms with Gasteiger partial charge in [-0.1, -0.05) is 18.2 Å². The third-order valence-electron chi connectivity index (χ3n) is 2.20. The molecule has 0 saturated carbocycles. The van der Waals surface area contributed by atoms with Crippen molar-refractivity contribution >= 4 is 11.6 Å². The van der Waals surface area contributed by atoms with E-state index in [-0.39, 0.29) is 5.69 Å². The molecule has 17 heavy (non-hydrogen) atoms. The summed E-state index contributed by atoms with van der Waals surface area (Å²) in [7, 11) is 0. The SMILES string of the molecule is NN(C(=O)c1ccccc1)c1cnc[nH]c1=O. The van der Waals surface area contributed by atoms with Crippen LogP contribution in [0.5, 0.6) is 0 Å². The molecular formula is C11H10N4O2. The van der Waals surface area contributed by atoms with E-state index in [0.717, 1.165) is 5.01 Å². The first-order valence-corrected chi connectivity index (χ1v) is 4.87. The van der Waals surface area contributed by atoms with E-state index in [1.165, 1.54) is 12.5 Å². The number of nitrogens with two attached hydrogens (primary N) is 1. The highest BCUT2D eigenvalue weighted by atomic mass is 16.2. The maximum Gasteiger partial charge on any atom is 0.276 e. The van der Waals surface area contributed by atoms with Crippen LogP contribution in [0.1, 0.15) is 10.4 Å². The topological polar surface area (TPSA) is 92.1 Å². The van der Waals surface area contributed by atoms with Gasteiger partial charge in [0.2, 0.25) is 0 Å². The highest BCUT2D eigenvalue weighted by Gasteiger charge is 2.16. The molecule has 0 aliphatic carbocycles. The normalized spacial score (nSPS) is 9.94. The molecule has 3 N–H and O–H groups in total. The second-order valence-electron chi connectivity index (χ2n) is 3.31. The van der Waals surface area contributed by atoms with Gasteiger partial charge in [-0.3, -0.25) is 9.59 Å². The number of hydrogen-bond donors (Lipinski definition) is 2. The van der Waals surface area contributed by atoms with Crippen LogP contribution < -0.4 is 16.4 Å². The number of aromatic amines is 1. The smallest absolute Gasteiger partial charge is 0.276 e. The number of aromatic nitrogens is 2. The molecule has 0 spiro atoms. The van der Waals surface area contributed by atoms with Crippen LogP contribution in [0.2, 0.25) is 0 Å². The molecule has 0 aliphatic heterocycles. The van der Waals surface area contributed by atoms with Gasteiger partial charge in [0, 0.05) is 5.56 Å². The number of carbonyl (C=O) groups is 1. The fourth-order valence-corrected chi connectivity index (χ4v) is 1.34. The van der Waals surface area contributed by atoms with Gasteiger partial charge in [0.15, 0.2) is 0 Å². The average molecular weight is 230 g/mol. The zero-order valence-electron chi connectivity index (χ0n) is 8.83. The van der Waals surface area contributed by atoms with Crippen molar-refractivity contribution < 1.29 is 4.79 Å². The Labute approximate surface area is 96.7 Å². The van der Waals surface area contributed by atoms with Crippen LogP contribution in [-0.4, -0.2) is 15.9 Å². The molecule has 1 aromatic heterocycles. The first-order valence-electron chi connectivity index (χ1n) is 4.87. The molecule has 2 rings (SSSR count). The molecule has 6 nitrogen and oxygen atoms in total. The van der Waals surface area contributed by atoms with E-state index < -0.39 is 11.5 Å². The quantitative estimate of drug-likeness (QED) is 0.440. The number of carbonyl (C=O) groups excluding carboxylic acids is 1. The Balaban J connectivity index is 2.34. The molecule has 0 atom stereocenters. The molecule has 2 aromatic rings. The molecule has 0 bridgehead atoms. The van der Waals surface area contributed by atoms with Crippen LogP contribution in [0.25, 0.3) is 0 Å². The minimum absolute atomic E-state index is 0.00125. The Bertz CT molecular complexity index is 579. The number of rotatable bonds is 2. The Hall–Kier alpha value is -2.47. The van der Waals surface area contributed by atoms with Crippen LogP contribution in [0.15, 0.2) is 47.7 Å². The number of nitrogens with one attached hydrogen (secondary N) is 1.